The van der Waals surface area contributed by atoms with Crippen LogP contribution in [0.2, 0.25) is 0 Å². The first-order valence-corrected chi connectivity index (χ1v) is 12.3. The second-order valence-corrected chi connectivity index (χ2v) is 9.31. The Morgan fingerprint density at radius 2 is 1.92 bits per heavy atom. The minimum absolute atomic E-state index is 0.0460. The molecule has 2 aromatic carbocycles. The Balaban J connectivity index is 1.39. The van der Waals surface area contributed by atoms with Crippen molar-refractivity contribution < 1.29 is 9.90 Å². The summed E-state index contributed by atoms with van der Waals surface area (Å²) in [6.07, 6.45) is 8.50. The molecule has 0 radical (unpaired) electrons. The van der Waals surface area contributed by atoms with Gasteiger partial charge in [0, 0.05) is 42.1 Å². The molecule has 186 valence electrons. The number of fused-ring (bicyclic) bond motifs is 1. The Bertz CT molecular complexity index is 1370. The maximum absolute atomic E-state index is 12.1. The zero-order chi connectivity index (χ0) is 25.1. The number of aromatic nitrogens is 3. The lowest BCUT2D eigenvalue weighted by molar-refractivity contribution is 0.100. The molecule has 2 atom stereocenters. The van der Waals surface area contributed by atoms with Crippen molar-refractivity contribution in [1.29, 1.82) is 0 Å². The molecule has 1 aliphatic carbocycles. The summed E-state index contributed by atoms with van der Waals surface area (Å²) in [4.78, 5) is 21.0. The predicted molar refractivity (Wildman–Crippen MR) is 141 cm³/mol. The fraction of sp³-hybridized carbons (Fsp3) is 0.296. The van der Waals surface area contributed by atoms with Gasteiger partial charge in [0.1, 0.15) is 17.1 Å². The molecule has 0 bridgehead atoms. The van der Waals surface area contributed by atoms with Crippen molar-refractivity contribution in [3.05, 3.63) is 72.1 Å². The third-order valence-electron chi connectivity index (χ3n) is 6.83. The quantitative estimate of drug-likeness (QED) is 0.254. The second kappa shape index (κ2) is 10.2. The topological polar surface area (TPSA) is 144 Å². The lowest BCUT2D eigenvalue weighted by atomic mass is 9.91. The lowest BCUT2D eigenvalue weighted by Crippen LogP contribution is -2.43. The molecule has 36 heavy (non-hydrogen) atoms. The number of rotatable bonds is 8. The van der Waals surface area contributed by atoms with Crippen LogP contribution in [0.4, 0.5) is 17.5 Å². The number of carbonyl (C=O) groups excluding carboxylic acids is 1. The van der Waals surface area contributed by atoms with E-state index in [1.807, 2.05) is 36.5 Å². The summed E-state index contributed by atoms with van der Waals surface area (Å²) >= 11 is 0. The van der Waals surface area contributed by atoms with Gasteiger partial charge in [-0.15, -0.1) is 0 Å². The van der Waals surface area contributed by atoms with Crippen molar-refractivity contribution in [2.24, 2.45) is 11.5 Å². The molecule has 1 amide bonds. The number of aryl methyl sites for hydroxylation is 2. The van der Waals surface area contributed by atoms with Crippen molar-refractivity contribution in [2.45, 2.75) is 50.7 Å². The minimum atomic E-state index is -0.600. The van der Waals surface area contributed by atoms with E-state index in [9.17, 15) is 9.90 Å². The van der Waals surface area contributed by atoms with E-state index >= 15 is 0 Å². The zero-order valence-electron chi connectivity index (χ0n) is 20.0. The zero-order valence-corrected chi connectivity index (χ0v) is 20.0. The molecule has 2 heterocycles. The number of benzene rings is 2. The van der Waals surface area contributed by atoms with Crippen molar-refractivity contribution in [2.75, 3.05) is 10.6 Å². The third kappa shape index (κ3) is 5.11. The van der Waals surface area contributed by atoms with E-state index in [-0.39, 0.29) is 23.4 Å². The number of amides is 1. The highest BCUT2D eigenvalue weighted by molar-refractivity contribution is 6.00. The molecule has 7 N–H and O–H groups in total. The van der Waals surface area contributed by atoms with Crippen LogP contribution in [-0.2, 0) is 13.0 Å². The van der Waals surface area contributed by atoms with E-state index in [0.717, 1.165) is 60.8 Å². The Labute approximate surface area is 209 Å². The van der Waals surface area contributed by atoms with E-state index in [0.29, 0.717) is 11.8 Å². The molecule has 1 saturated carbocycles. The number of carbonyl (C=O) groups is 1. The summed E-state index contributed by atoms with van der Waals surface area (Å²) in [5.74, 6) is 0.440. The minimum Gasteiger partial charge on any atom is -0.508 e. The normalized spacial score (nSPS) is 17.7. The van der Waals surface area contributed by atoms with Crippen LogP contribution in [0.1, 0.15) is 41.6 Å². The van der Waals surface area contributed by atoms with Crippen LogP contribution in [0.25, 0.3) is 10.9 Å². The van der Waals surface area contributed by atoms with Gasteiger partial charge in [-0.2, -0.15) is 4.98 Å². The van der Waals surface area contributed by atoms with Gasteiger partial charge < -0.3 is 31.8 Å². The van der Waals surface area contributed by atoms with Crippen LogP contribution in [0.5, 0.6) is 5.75 Å². The van der Waals surface area contributed by atoms with Crippen LogP contribution in [0.3, 0.4) is 0 Å². The molecule has 9 heteroatoms. The first-order chi connectivity index (χ1) is 17.5. The predicted octanol–water partition coefficient (Wildman–Crippen LogP) is 3.90. The van der Waals surface area contributed by atoms with E-state index in [1.165, 1.54) is 6.20 Å². The standard InChI is InChI=1S/C27H31N7O2/c28-21-4-1-2-5-23(21)32-27-30-16-20(25(29)36)26(33-27)31-22-6-3-7-24-19(22)13-15-34(24)14-12-17-8-10-18(35)11-9-17/h3,6-11,13,15-16,21,23,35H,1-2,4-5,12,14,28H2,(H2,29,36)(H2,30,31,32,33). The van der Waals surface area contributed by atoms with Gasteiger partial charge in [0.15, 0.2) is 0 Å². The highest BCUT2D eigenvalue weighted by atomic mass is 16.3. The van der Waals surface area contributed by atoms with Gasteiger partial charge in [-0.05, 0) is 55.2 Å². The van der Waals surface area contributed by atoms with Gasteiger partial charge in [-0.25, -0.2) is 4.98 Å². The van der Waals surface area contributed by atoms with Crippen LogP contribution in [0, 0.1) is 0 Å². The van der Waals surface area contributed by atoms with E-state index in [1.54, 1.807) is 12.1 Å². The second-order valence-electron chi connectivity index (χ2n) is 9.31. The summed E-state index contributed by atoms with van der Waals surface area (Å²) in [7, 11) is 0. The number of phenols is 1. The van der Waals surface area contributed by atoms with E-state index in [4.69, 9.17) is 11.5 Å². The number of aromatic hydroxyl groups is 1. The molecule has 5 rings (SSSR count). The van der Waals surface area contributed by atoms with E-state index in [2.05, 4.69) is 31.2 Å². The molecule has 1 aliphatic rings. The van der Waals surface area contributed by atoms with Gasteiger partial charge in [0.05, 0.1) is 5.52 Å². The number of anilines is 3. The molecule has 2 unspecified atom stereocenters. The first-order valence-electron chi connectivity index (χ1n) is 12.3. The molecule has 0 spiro atoms. The van der Waals surface area contributed by atoms with Crippen LogP contribution >= 0.6 is 0 Å². The van der Waals surface area contributed by atoms with Crippen LogP contribution in [0.15, 0.2) is 60.9 Å². The Kier molecular flexibility index (Phi) is 6.73. The van der Waals surface area contributed by atoms with Gasteiger partial charge in [0.25, 0.3) is 5.91 Å². The number of hydrogen-bond donors (Lipinski definition) is 5. The molecule has 0 saturated heterocycles. The van der Waals surface area contributed by atoms with Crippen LogP contribution in [-0.4, -0.2) is 37.6 Å². The maximum atomic E-state index is 12.1. The van der Waals surface area contributed by atoms with Gasteiger partial charge >= 0.3 is 0 Å². The number of primary amides is 1. The summed E-state index contributed by atoms with van der Waals surface area (Å²) < 4.78 is 2.18. The Morgan fingerprint density at radius 1 is 1.11 bits per heavy atom. The smallest absolute Gasteiger partial charge is 0.254 e. The van der Waals surface area contributed by atoms with Gasteiger partial charge in [0.2, 0.25) is 5.95 Å². The monoisotopic (exact) mass is 485 g/mol. The summed E-state index contributed by atoms with van der Waals surface area (Å²) in [6, 6.07) is 15.4. The molecular formula is C27H31N7O2. The van der Waals surface area contributed by atoms with Gasteiger partial charge in [-0.3, -0.25) is 4.79 Å². The average Bonchev–Trinajstić information content (AvgIpc) is 3.29. The third-order valence-corrected chi connectivity index (χ3v) is 6.83. The molecule has 0 aliphatic heterocycles. The van der Waals surface area contributed by atoms with Crippen LogP contribution < -0.4 is 22.1 Å². The van der Waals surface area contributed by atoms with Gasteiger partial charge in [-0.1, -0.05) is 31.0 Å². The fourth-order valence-electron chi connectivity index (χ4n) is 4.80. The number of nitrogens with two attached hydrogens (primary N) is 2. The number of phenolic OH excluding ortho intramolecular Hbond substituents is 1. The molecule has 2 aromatic heterocycles. The lowest BCUT2D eigenvalue weighted by Gasteiger charge is -2.29. The molecule has 1 fully saturated rings. The Hall–Kier alpha value is -4.11. The van der Waals surface area contributed by atoms with Crippen molar-refractivity contribution in [3.63, 3.8) is 0 Å². The van der Waals surface area contributed by atoms with E-state index < -0.39 is 5.91 Å². The summed E-state index contributed by atoms with van der Waals surface area (Å²) in [5.41, 5.74) is 15.1. The number of nitrogens with one attached hydrogen (secondary N) is 2. The van der Waals surface area contributed by atoms with Crippen molar-refractivity contribution >= 4 is 34.3 Å². The number of hydrogen-bond acceptors (Lipinski definition) is 7. The Morgan fingerprint density at radius 3 is 2.69 bits per heavy atom. The largest absolute Gasteiger partial charge is 0.508 e. The SMILES string of the molecule is NC(=O)c1cnc(NC2CCCCC2N)nc1Nc1cccc2c1ccn2CCc1ccc(O)cc1. The fourth-order valence-corrected chi connectivity index (χ4v) is 4.80. The maximum Gasteiger partial charge on any atom is 0.254 e. The molecular weight excluding hydrogens is 454 g/mol. The summed E-state index contributed by atoms with van der Waals surface area (Å²) in [5, 5.41) is 17.2. The first kappa shape index (κ1) is 23.6. The highest BCUT2D eigenvalue weighted by Gasteiger charge is 2.23. The average molecular weight is 486 g/mol. The highest BCUT2D eigenvalue weighted by Crippen LogP contribution is 2.29. The molecule has 9 nitrogen and oxygen atoms in total. The van der Waals surface area contributed by atoms with Crippen molar-refractivity contribution in [3.8, 4) is 5.75 Å². The summed E-state index contributed by atoms with van der Waals surface area (Å²) in [6.45, 7) is 0.785. The number of nitrogens with zero attached hydrogens (tertiary/aromatic N) is 3. The van der Waals surface area contributed by atoms with Crippen molar-refractivity contribution in [1.82, 2.24) is 14.5 Å². The molecule has 4 aromatic rings.